The number of nitrogens with one attached hydrogen (secondary N) is 1. The molecule has 0 saturated carbocycles. The van der Waals surface area contributed by atoms with Crippen LogP contribution < -0.4 is 5.32 Å². The Bertz CT molecular complexity index is 333. The minimum Gasteiger partial charge on any atom is -0.309 e. The van der Waals surface area contributed by atoms with Gasteiger partial charge in [-0.1, -0.05) is 0 Å². The van der Waals surface area contributed by atoms with Gasteiger partial charge in [-0.15, -0.1) is 0 Å². The Labute approximate surface area is 110 Å². The highest BCUT2D eigenvalue weighted by Gasteiger charge is 2.16. The van der Waals surface area contributed by atoms with Gasteiger partial charge in [0.15, 0.2) is 0 Å². The molecule has 0 aromatic carbocycles. The van der Waals surface area contributed by atoms with Crippen LogP contribution in [0.2, 0.25) is 0 Å². The lowest BCUT2D eigenvalue weighted by molar-refractivity contribution is 0.210. The molecule has 0 aliphatic carbocycles. The lowest BCUT2D eigenvalue weighted by Gasteiger charge is -2.29. The van der Waals surface area contributed by atoms with Crippen molar-refractivity contribution in [3.8, 4) is 0 Å². The Hall–Kier alpha value is -1.00. The van der Waals surface area contributed by atoms with Crippen LogP contribution in [0.3, 0.4) is 0 Å². The van der Waals surface area contributed by atoms with E-state index >= 15 is 0 Å². The lowest BCUT2D eigenvalue weighted by Crippen LogP contribution is -2.32. The standard InChI is InChI=1S/C14H24N4/c1-12(14-11-15-7-8-17-14)16-6-3-13-4-9-18(2)10-5-13/h7-8,11-13,16H,3-6,9-10H2,1-2H3. The van der Waals surface area contributed by atoms with Crippen molar-refractivity contribution >= 4 is 0 Å². The minimum atomic E-state index is 0.296. The molecular formula is C14H24N4. The second-order valence-electron chi connectivity index (χ2n) is 5.34. The number of nitrogens with zero attached hydrogens (tertiary/aromatic N) is 3. The van der Waals surface area contributed by atoms with Crippen LogP contribution in [-0.2, 0) is 0 Å². The molecular weight excluding hydrogens is 224 g/mol. The zero-order chi connectivity index (χ0) is 12.8. The first-order valence-corrected chi connectivity index (χ1v) is 6.93. The molecule has 2 rings (SSSR count). The Morgan fingerprint density at radius 3 is 2.83 bits per heavy atom. The van der Waals surface area contributed by atoms with Crippen LogP contribution in [0.4, 0.5) is 0 Å². The monoisotopic (exact) mass is 248 g/mol. The fourth-order valence-corrected chi connectivity index (χ4v) is 2.49. The highest BCUT2D eigenvalue weighted by atomic mass is 15.1. The summed E-state index contributed by atoms with van der Waals surface area (Å²) in [6, 6.07) is 0.296. The maximum atomic E-state index is 4.32. The van der Waals surface area contributed by atoms with Crippen molar-refractivity contribution in [1.82, 2.24) is 20.2 Å². The summed E-state index contributed by atoms with van der Waals surface area (Å²) in [7, 11) is 2.21. The molecule has 1 N–H and O–H groups in total. The first kappa shape index (κ1) is 13.4. The van der Waals surface area contributed by atoms with Gasteiger partial charge in [-0.05, 0) is 58.8 Å². The topological polar surface area (TPSA) is 41.0 Å². The smallest absolute Gasteiger partial charge is 0.0753 e. The lowest BCUT2D eigenvalue weighted by atomic mass is 9.94. The van der Waals surface area contributed by atoms with E-state index in [0.717, 1.165) is 18.2 Å². The average Bonchev–Trinajstić information content (AvgIpc) is 2.42. The molecule has 18 heavy (non-hydrogen) atoms. The summed E-state index contributed by atoms with van der Waals surface area (Å²) in [6.07, 6.45) is 9.28. The van der Waals surface area contributed by atoms with Crippen LogP contribution in [-0.4, -0.2) is 41.5 Å². The molecule has 1 aromatic heterocycles. The molecule has 1 unspecified atom stereocenters. The predicted molar refractivity (Wildman–Crippen MR) is 73.3 cm³/mol. The van der Waals surface area contributed by atoms with Crippen molar-refractivity contribution in [3.63, 3.8) is 0 Å². The van der Waals surface area contributed by atoms with Crippen LogP contribution in [0.1, 0.15) is 37.9 Å². The second kappa shape index (κ2) is 6.81. The summed E-state index contributed by atoms with van der Waals surface area (Å²) in [5, 5.41) is 3.54. The Morgan fingerprint density at radius 2 is 2.17 bits per heavy atom. The van der Waals surface area contributed by atoms with Gasteiger partial charge in [0.2, 0.25) is 0 Å². The summed E-state index contributed by atoms with van der Waals surface area (Å²) in [4.78, 5) is 10.8. The van der Waals surface area contributed by atoms with Crippen LogP contribution in [0.15, 0.2) is 18.6 Å². The molecule has 4 nitrogen and oxygen atoms in total. The van der Waals surface area contributed by atoms with Crippen molar-refractivity contribution < 1.29 is 0 Å². The van der Waals surface area contributed by atoms with Crippen LogP contribution in [0, 0.1) is 5.92 Å². The van der Waals surface area contributed by atoms with Gasteiger partial charge in [-0.2, -0.15) is 0 Å². The zero-order valence-electron chi connectivity index (χ0n) is 11.5. The second-order valence-corrected chi connectivity index (χ2v) is 5.34. The maximum Gasteiger partial charge on any atom is 0.0753 e. The summed E-state index contributed by atoms with van der Waals surface area (Å²) < 4.78 is 0. The zero-order valence-corrected chi connectivity index (χ0v) is 11.5. The molecule has 4 heteroatoms. The van der Waals surface area contributed by atoms with Gasteiger partial charge >= 0.3 is 0 Å². The van der Waals surface area contributed by atoms with Gasteiger partial charge in [0, 0.05) is 24.6 Å². The molecule has 1 aromatic rings. The van der Waals surface area contributed by atoms with E-state index in [1.807, 2.05) is 6.20 Å². The highest BCUT2D eigenvalue weighted by molar-refractivity contribution is 5.00. The molecule has 1 atom stereocenters. The van der Waals surface area contributed by atoms with Crippen molar-refractivity contribution in [3.05, 3.63) is 24.3 Å². The molecule has 0 amide bonds. The third-order valence-electron chi connectivity index (χ3n) is 3.87. The van der Waals surface area contributed by atoms with E-state index in [1.165, 1.54) is 32.4 Å². The number of rotatable bonds is 5. The van der Waals surface area contributed by atoms with Gasteiger partial charge in [-0.25, -0.2) is 0 Å². The molecule has 0 spiro atoms. The molecule has 1 aliphatic rings. The fourth-order valence-electron chi connectivity index (χ4n) is 2.49. The molecule has 100 valence electrons. The summed E-state index contributed by atoms with van der Waals surface area (Å²) in [5.74, 6) is 0.891. The van der Waals surface area contributed by atoms with Gasteiger partial charge in [-0.3, -0.25) is 9.97 Å². The van der Waals surface area contributed by atoms with E-state index in [2.05, 4.69) is 34.2 Å². The predicted octanol–water partition coefficient (Wildman–Crippen LogP) is 1.86. The van der Waals surface area contributed by atoms with Crippen LogP contribution >= 0.6 is 0 Å². The van der Waals surface area contributed by atoms with E-state index in [0.29, 0.717) is 6.04 Å². The number of piperidine rings is 1. The van der Waals surface area contributed by atoms with E-state index in [1.54, 1.807) is 12.4 Å². The molecule has 0 bridgehead atoms. The number of hydrogen-bond donors (Lipinski definition) is 1. The van der Waals surface area contributed by atoms with Gasteiger partial charge < -0.3 is 10.2 Å². The molecule has 1 aliphatic heterocycles. The van der Waals surface area contributed by atoms with Gasteiger partial charge in [0.05, 0.1) is 5.69 Å². The van der Waals surface area contributed by atoms with Crippen LogP contribution in [0.25, 0.3) is 0 Å². The summed E-state index contributed by atoms with van der Waals surface area (Å²) in [6.45, 7) is 5.74. The maximum absolute atomic E-state index is 4.32. The summed E-state index contributed by atoms with van der Waals surface area (Å²) in [5.41, 5.74) is 1.03. The highest BCUT2D eigenvalue weighted by Crippen LogP contribution is 2.19. The Kier molecular flexibility index (Phi) is 5.08. The normalized spacial score (nSPS) is 19.9. The molecule has 1 saturated heterocycles. The first-order valence-electron chi connectivity index (χ1n) is 6.93. The van der Waals surface area contributed by atoms with E-state index in [4.69, 9.17) is 0 Å². The number of aromatic nitrogens is 2. The van der Waals surface area contributed by atoms with Crippen molar-refractivity contribution in [2.75, 3.05) is 26.7 Å². The van der Waals surface area contributed by atoms with Crippen molar-refractivity contribution in [2.24, 2.45) is 5.92 Å². The SMILES string of the molecule is CC(NCCC1CCN(C)CC1)c1cnccn1. The summed E-state index contributed by atoms with van der Waals surface area (Å²) >= 11 is 0. The largest absolute Gasteiger partial charge is 0.309 e. The van der Waals surface area contributed by atoms with Gasteiger partial charge in [0.25, 0.3) is 0 Å². The van der Waals surface area contributed by atoms with Crippen molar-refractivity contribution in [2.45, 2.75) is 32.2 Å². The number of likely N-dealkylation sites (tertiary alicyclic amines) is 1. The molecule has 2 heterocycles. The third-order valence-corrected chi connectivity index (χ3v) is 3.87. The first-order chi connectivity index (χ1) is 8.75. The Balaban J connectivity index is 1.66. The quantitative estimate of drug-likeness (QED) is 0.863. The minimum absolute atomic E-state index is 0.296. The van der Waals surface area contributed by atoms with E-state index < -0.39 is 0 Å². The van der Waals surface area contributed by atoms with E-state index in [9.17, 15) is 0 Å². The fraction of sp³-hybridized carbons (Fsp3) is 0.714. The Morgan fingerprint density at radius 1 is 1.39 bits per heavy atom. The molecule has 0 radical (unpaired) electrons. The third kappa shape index (κ3) is 4.03. The average molecular weight is 248 g/mol. The van der Waals surface area contributed by atoms with Crippen molar-refractivity contribution in [1.29, 1.82) is 0 Å². The van der Waals surface area contributed by atoms with Gasteiger partial charge in [0.1, 0.15) is 0 Å². The molecule has 1 fully saturated rings. The van der Waals surface area contributed by atoms with E-state index in [-0.39, 0.29) is 0 Å². The van der Waals surface area contributed by atoms with Crippen LogP contribution in [0.5, 0.6) is 0 Å². The number of hydrogen-bond acceptors (Lipinski definition) is 4.